The predicted octanol–water partition coefficient (Wildman–Crippen LogP) is 3.90. The third-order valence-electron chi connectivity index (χ3n) is 5.48. The number of nitrogens with one attached hydrogen (secondary N) is 3. The second kappa shape index (κ2) is 11.3. The zero-order valence-electron chi connectivity index (χ0n) is 21.1. The molecule has 10 nitrogen and oxygen atoms in total. The maximum Gasteiger partial charge on any atom is 0.341 e. The predicted molar refractivity (Wildman–Crippen MR) is 146 cm³/mol. The molecule has 4 N–H and O–H groups in total. The van der Waals surface area contributed by atoms with Crippen molar-refractivity contribution in [2.24, 2.45) is 0 Å². The summed E-state index contributed by atoms with van der Waals surface area (Å²) < 4.78 is 4.93. The number of ether oxygens (including phenoxy) is 1. The minimum Gasteiger partial charge on any atom is -0.506 e. The van der Waals surface area contributed by atoms with Crippen LogP contribution in [0.25, 0.3) is 22.2 Å². The largest absolute Gasteiger partial charge is 0.506 e. The molecule has 0 spiro atoms. The molecule has 0 saturated heterocycles. The van der Waals surface area contributed by atoms with Crippen LogP contribution < -0.4 is 10.6 Å². The van der Waals surface area contributed by atoms with Gasteiger partial charge in [-0.05, 0) is 38.4 Å². The molecule has 0 aliphatic rings. The van der Waals surface area contributed by atoms with Crippen LogP contribution >= 0.6 is 0 Å². The van der Waals surface area contributed by atoms with Crippen molar-refractivity contribution in [1.29, 1.82) is 0 Å². The van der Waals surface area contributed by atoms with Gasteiger partial charge in [-0.15, -0.1) is 0 Å². The number of anilines is 3. The number of phenolic OH excluding ortho intramolecular Hbond substituents is 1. The molecule has 0 saturated carbocycles. The first-order valence-corrected chi connectivity index (χ1v) is 11.5. The Morgan fingerprint density at radius 1 is 1.24 bits per heavy atom. The number of amides is 1. The molecule has 4 aromatic rings. The van der Waals surface area contributed by atoms with E-state index in [9.17, 15) is 14.7 Å². The molecule has 0 aliphatic carbocycles. The van der Waals surface area contributed by atoms with E-state index in [4.69, 9.17) is 4.74 Å². The van der Waals surface area contributed by atoms with Crippen molar-refractivity contribution < 1.29 is 19.4 Å². The summed E-state index contributed by atoms with van der Waals surface area (Å²) in [6, 6.07) is 10.6. The van der Waals surface area contributed by atoms with Crippen molar-refractivity contribution in [3.63, 3.8) is 0 Å². The van der Waals surface area contributed by atoms with Gasteiger partial charge in [-0.25, -0.2) is 14.8 Å². The summed E-state index contributed by atoms with van der Waals surface area (Å²) in [5.41, 5.74) is 3.09. The minimum absolute atomic E-state index is 0.112. The number of fused-ring (bicyclic) bond motifs is 1. The number of H-pyrrole nitrogens is 1. The van der Waals surface area contributed by atoms with Crippen LogP contribution in [-0.2, 0) is 9.53 Å². The van der Waals surface area contributed by atoms with Crippen molar-refractivity contribution in [2.45, 2.75) is 0 Å². The van der Waals surface area contributed by atoms with Gasteiger partial charge in [-0.1, -0.05) is 36.6 Å². The van der Waals surface area contributed by atoms with Gasteiger partial charge in [-0.2, -0.15) is 0 Å². The van der Waals surface area contributed by atoms with Gasteiger partial charge >= 0.3 is 5.97 Å². The third kappa shape index (κ3) is 5.64. The summed E-state index contributed by atoms with van der Waals surface area (Å²) in [5.74, 6) is 4.90. The van der Waals surface area contributed by atoms with Crippen LogP contribution in [0.3, 0.4) is 0 Å². The topological polar surface area (TPSA) is 132 Å². The van der Waals surface area contributed by atoms with E-state index < -0.39 is 11.9 Å². The van der Waals surface area contributed by atoms with E-state index in [1.165, 1.54) is 25.4 Å². The van der Waals surface area contributed by atoms with E-state index in [-0.39, 0.29) is 22.9 Å². The average molecular weight is 511 g/mol. The van der Waals surface area contributed by atoms with Crippen LogP contribution in [0, 0.1) is 11.8 Å². The molecule has 2 heterocycles. The van der Waals surface area contributed by atoms with E-state index in [0.717, 1.165) is 17.0 Å². The first-order valence-electron chi connectivity index (χ1n) is 11.5. The van der Waals surface area contributed by atoms with Gasteiger partial charge < -0.3 is 25.5 Å². The Bertz CT molecular complexity index is 1600. The molecule has 4 rings (SSSR count). The fourth-order valence-electron chi connectivity index (χ4n) is 3.67. The zero-order valence-corrected chi connectivity index (χ0v) is 21.1. The number of nitrogens with zero attached hydrogens (tertiary/aromatic N) is 3. The maximum atomic E-state index is 12.5. The number of aromatic hydroxyl groups is 1. The zero-order chi connectivity index (χ0) is 27.2. The molecular formula is C28H26N6O4. The van der Waals surface area contributed by atoms with Crippen molar-refractivity contribution >= 4 is 40.1 Å². The molecule has 0 atom stereocenters. The molecule has 10 heteroatoms. The number of para-hydroxylation sites is 1. The molecule has 0 fully saturated rings. The lowest BCUT2D eigenvalue weighted by atomic mass is 10.1. The first kappa shape index (κ1) is 25.9. The number of carbonyl (C=O) groups excluding carboxylic acids is 2. The van der Waals surface area contributed by atoms with Crippen LogP contribution in [0.15, 0.2) is 61.4 Å². The molecule has 2 aromatic carbocycles. The second-order valence-electron chi connectivity index (χ2n) is 8.47. The smallest absolute Gasteiger partial charge is 0.341 e. The quantitative estimate of drug-likeness (QED) is 0.0968. The summed E-state index contributed by atoms with van der Waals surface area (Å²) in [6.07, 6.45) is 4.25. The Hall–Kier alpha value is -5.14. The third-order valence-corrected chi connectivity index (χ3v) is 5.48. The van der Waals surface area contributed by atoms with Crippen LogP contribution in [0.5, 0.6) is 5.75 Å². The highest BCUT2D eigenvalue weighted by atomic mass is 16.5. The van der Waals surface area contributed by atoms with Crippen LogP contribution in [0.2, 0.25) is 0 Å². The van der Waals surface area contributed by atoms with Crippen LogP contribution in [-0.4, -0.2) is 64.6 Å². The Balaban J connectivity index is 1.77. The van der Waals surface area contributed by atoms with Gasteiger partial charge in [0.25, 0.3) is 0 Å². The minimum atomic E-state index is -0.588. The number of aromatic nitrogens is 3. The first-order chi connectivity index (χ1) is 18.3. The number of esters is 1. The number of rotatable bonds is 7. The highest BCUT2D eigenvalue weighted by Crippen LogP contribution is 2.34. The number of phenols is 1. The number of aromatic amines is 1. The Kier molecular flexibility index (Phi) is 7.70. The van der Waals surface area contributed by atoms with Gasteiger partial charge in [0.05, 0.1) is 36.3 Å². The van der Waals surface area contributed by atoms with Gasteiger partial charge in [0.2, 0.25) is 11.9 Å². The van der Waals surface area contributed by atoms with Gasteiger partial charge in [0.1, 0.15) is 11.3 Å². The number of methoxy groups -OCH3 is 1. The number of hydrogen-bond donors (Lipinski definition) is 4. The maximum absolute atomic E-state index is 12.5. The van der Waals surface area contributed by atoms with Gasteiger partial charge in [-0.3, -0.25) is 9.69 Å². The lowest BCUT2D eigenvalue weighted by Gasteiger charge is -2.14. The molecule has 2 aromatic heterocycles. The molecule has 192 valence electrons. The molecule has 0 unspecified atom stereocenters. The molecule has 0 aliphatic heterocycles. The van der Waals surface area contributed by atoms with E-state index in [0.29, 0.717) is 29.1 Å². The highest BCUT2D eigenvalue weighted by molar-refractivity contribution is 6.03. The van der Waals surface area contributed by atoms with E-state index in [2.05, 4.69) is 44.0 Å². The number of benzene rings is 2. The van der Waals surface area contributed by atoms with E-state index in [1.807, 2.05) is 43.3 Å². The Labute approximate surface area is 219 Å². The highest BCUT2D eigenvalue weighted by Gasteiger charge is 2.20. The molecule has 0 bridgehead atoms. The SMILES string of the molecule is C=CC(=O)Nc1cc(Nc2ncc(C(=O)OC)c(-c3c[nH]c4ccccc34)n2)c(O)cc1C#CCN(C)C. The van der Waals surface area contributed by atoms with Gasteiger partial charge in [0.15, 0.2) is 0 Å². The van der Waals surface area contributed by atoms with Crippen molar-refractivity contribution in [3.05, 3.63) is 72.6 Å². The number of carbonyl (C=O) groups is 2. The standard InChI is InChI=1S/C28H26N6O4/c1-5-25(36)31-22-14-23(24(35)13-17(22)9-8-12-34(2)3)32-28-30-16-20(27(37)38-4)26(33-28)19-15-29-21-11-7-6-10-18(19)21/h5-7,10-11,13-16,29,35H,1,12H2,2-4H3,(H,31,36)(H,30,32,33). The summed E-state index contributed by atoms with van der Waals surface area (Å²) in [7, 11) is 5.05. The number of hydrogen-bond acceptors (Lipinski definition) is 8. The summed E-state index contributed by atoms with van der Waals surface area (Å²) in [6.45, 7) is 3.98. The van der Waals surface area contributed by atoms with Crippen molar-refractivity contribution in [3.8, 4) is 28.8 Å². The van der Waals surface area contributed by atoms with Crippen LogP contribution in [0.4, 0.5) is 17.3 Å². The van der Waals surface area contributed by atoms with Crippen molar-refractivity contribution in [2.75, 3.05) is 38.4 Å². The lowest BCUT2D eigenvalue weighted by Crippen LogP contribution is -2.11. The Morgan fingerprint density at radius 2 is 2.03 bits per heavy atom. The lowest BCUT2D eigenvalue weighted by molar-refractivity contribution is -0.111. The normalized spacial score (nSPS) is 10.5. The van der Waals surface area contributed by atoms with E-state index in [1.54, 1.807) is 6.20 Å². The second-order valence-corrected chi connectivity index (χ2v) is 8.47. The van der Waals surface area contributed by atoms with Gasteiger partial charge in [0, 0.05) is 28.9 Å². The molecule has 0 radical (unpaired) electrons. The molecular weight excluding hydrogens is 484 g/mol. The monoisotopic (exact) mass is 510 g/mol. The van der Waals surface area contributed by atoms with Crippen molar-refractivity contribution in [1.82, 2.24) is 19.9 Å². The fourth-order valence-corrected chi connectivity index (χ4v) is 3.67. The summed E-state index contributed by atoms with van der Waals surface area (Å²) >= 11 is 0. The van der Waals surface area contributed by atoms with Crippen LogP contribution in [0.1, 0.15) is 15.9 Å². The fraction of sp³-hybridized carbons (Fsp3) is 0.143. The Morgan fingerprint density at radius 3 is 2.76 bits per heavy atom. The summed E-state index contributed by atoms with van der Waals surface area (Å²) in [4.78, 5) is 38.4. The van der Waals surface area contributed by atoms with E-state index >= 15 is 0 Å². The summed E-state index contributed by atoms with van der Waals surface area (Å²) in [5, 5.41) is 17.3. The molecule has 38 heavy (non-hydrogen) atoms. The average Bonchev–Trinajstić information content (AvgIpc) is 3.34. The molecule has 1 amide bonds.